The lowest BCUT2D eigenvalue weighted by Gasteiger charge is -2.44. The predicted molar refractivity (Wildman–Crippen MR) is 67.7 cm³/mol. The Morgan fingerprint density at radius 3 is 2.94 bits per heavy atom. The van der Waals surface area contributed by atoms with Gasteiger partial charge in [-0.1, -0.05) is 31.2 Å². The third-order valence-corrected chi connectivity index (χ3v) is 4.76. The number of ether oxygens (including phenoxy) is 1. The Morgan fingerprint density at radius 1 is 1.50 bits per heavy atom. The molecule has 0 aromatic rings. The van der Waals surface area contributed by atoms with E-state index >= 15 is 0 Å². The van der Waals surface area contributed by atoms with E-state index < -0.39 is 11.6 Å². The van der Waals surface area contributed by atoms with Crippen molar-refractivity contribution < 1.29 is 14.6 Å². The maximum Gasteiger partial charge on any atom is 0.336 e. The zero-order chi connectivity index (χ0) is 13.1. The summed E-state index contributed by atoms with van der Waals surface area (Å²) >= 11 is 0. The molecule has 3 aliphatic rings. The Labute approximate surface area is 107 Å². The lowest BCUT2D eigenvalue weighted by Crippen LogP contribution is -2.53. The second-order valence-corrected chi connectivity index (χ2v) is 6.00. The number of rotatable bonds is 0. The minimum atomic E-state index is -1.11. The molecule has 0 amide bonds. The van der Waals surface area contributed by atoms with Crippen LogP contribution in [-0.4, -0.2) is 22.8 Å². The lowest BCUT2D eigenvalue weighted by atomic mass is 9.69. The van der Waals surface area contributed by atoms with Gasteiger partial charge in [-0.3, -0.25) is 0 Å². The molecule has 18 heavy (non-hydrogen) atoms. The van der Waals surface area contributed by atoms with Gasteiger partial charge in [0.1, 0.15) is 11.7 Å². The molecule has 0 radical (unpaired) electrons. The highest BCUT2D eigenvalue weighted by molar-refractivity contribution is 5.91. The van der Waals surface area contributed by atoms with E-state index in [0.717, 1.165) is 12.0 Å². The van der Waals surface area contributed by atoms with Gasteiger partial charge in [-0.15, -0.1) is 0 Å². The summed E-state index contributed by atoms with van der Waals surface area (Å²) in [4.78, 5) is 11.8. The van der Waals surface area contributed by atoms with Crippen LogP contribution in [0.2, 0.25) is 0 Å². The van der Waals surface area contributed by atoms with E-state index in [1.807, 2.05) is 13.0 Å². The predicted octanol–water partition coefficient (Wildman–Crippen LogP) is 2.13. The van der Waals surface area contributed by atoms with E-state index in [1.165, 1.54) is 0 Å². The number of carbonyl (C=O) groups excluding carboxylic acids is 1. The second kappa shape index (κ2) is 3.35. The van der Waals surface area contributed by atoms with Gasteiger partial charge in [-0.05, 0) is 31.3 Å². The van der Waals surface area contributed by atoms with Crippen molar-refractivity contribution in [3.63, 3.8) is 0 Å². The minimum absolute atomic E-state index is 0.121. The molecule has 0 aromatic carbocycles. The fourth-order valence-electron chi connectivity index (χ4n) is 3.70. The largest absolute Gasteiger partial charge is 0.454 e. The summed E-state index contributed by atoms with van der Waals surface area (Å²) in [6.07, 6.45) is 7.21. The van der Waals surface area contributed by atoms with Crippen LogP contribution in [0.1, 0.15) is 26.7 Å². The molecule has 0 spiro atoms. The Balaban J connectivity index is 2.17. The van der Waals surface area contributed by atoms with E-state index in [4.69, 9.17) is 4.74 Å². The van der Waals surface area contributed by atoms with Crippen LogP contribution in [0.4, 0.5) is 0 Å². The molecule has 1 saturated heterocycles. The van der Waals surface area contributed by atoms with Crippen LogP contribution in [0.15, 0.2) is 36.0 Å². The van der Waals surface area contributed by atoms with Gasteiger partial charge in [-0.2, -0.15) is 0 Å². The maximum absolute atomic E-state index is 11.8. The van der Waals surface area contributed by atoms with Crippen LogP contribution >= 0.6 is 0 Å². The molecule has 0 aromatic heterocycles. The average molecular weight is 246 g/mol. The van der Waals surface area contributed by atoms with Crippen molar-refractivity contribution in [2.45, 2.75) is 38.4 Å². The summed E-state index contributed by atoms with van der Waals surface area (Å²) in [6, 6.07) is 0. The number of carbonyl (C=O) groups is 1. The van der Waals surface area contributed by atoms with Crippen LogP contribution in [0.3, 0.4) is 0 Å². The number of hydrogen-bond acceptors (Lipinski definition) is 3. The van der Waals surface area contributed by atoms with Crippen molar-refractivity contribution in [2.24, 2.45) is 11.3 Å². The Bertz CT molecular complexity index is 502. The quantitative estimate of drug-likeness (QED) is 0.526. The van der Waals surface area contributed by atoms with Gasteiger partial charge in [0.15, 0.2) is 0 Å². The third kappa shape index (κ3) is 1.31. The topological polar surface area (TPSA) is 46.5 Å². The maximum atomic E-state index is 11.8. The number of hydrogen-bond donors (Lipinski definition) is 1. The molecule has 96 valence electrons. The Morgan fingerprint density at radius 2 is 2.22 bits per heavy atom. The Kier molecular flexibility index (Phi) is 2.18. The highest BCUT2D eigenvalue weighted by Gasteiger charge is 2.62. The second-order valence-electron chi connectivity index (χ2n) is 6.00. The fourth-order valence-corrected chi connectivity index (χ4v) is 3.70. The van der Waals surface area contributed by atoms with Gasteiger partial charge in [0.2, 0.25) is 0 Å². The molecule has 2 aliphatic carbocycles. The molecular formula is C15H18O3. The summed E-state index contributed by atoms with van der Waals surface area (Å²) in [5.74, 6) is -0.585. The number of aliphatic hydroxyl groups is 1. The fraction of sp³-hybridized carbons (Fsp3) is 0.533. The average Bonchev–Trinajstić information content (AvgIpc) is 2.51. The molecule has 3 rings (SSSR count). The minimum Gasteiger partial charge on any atom is -0.454 e. The molecule has 1 saturated carbocycles. The van der Waals surface area contributed by atoms with E-state index in [-0.39, 0.29) is 23.0 Å². The van der Waals surface area contributed by atoms with Crippen LogP contribution in [0.25, 0.3) is 0 Å². The summed E-state index contributed by atoms with van der Waals surface area (Å²) in [6.45, 7) is 7.85. The van der Waals surface area contributed by atoms with Gasteiger partial charge in [0.25, 0.3) is 0 Å². The molecule has 4 atom stereocenters. The first-order valence-corrected chi connectivity index (χ1v) is 6.37. The summed E-state index contributed by atoms with van der Waals surface area (Å²) in [5.41, 5.74) is 0.0319. The Hall–Kier alpha value is -1.35. The van der Waals surface area contributed by atoms with Crippen molar-refractivity contribution in [3.8, 4) is 0 Å². The van der Waals surface area contributed by atoms with Gasteiger partial charge in [-0.25, -0.2) is 4.79 Å². The molecule has 2 fully saturated rings. The van der Waals surface area contributed by atoms with Gasteiger partial charge >= 0.3 is 5.97 Å². The SMILES string of the molecule is C=C1C(=O)O[C@@H]2C=C(C)C=C[C@@]3(C)CC[C@@]1(O)[C@H]23. The number of allylic oxidation sites excluding steroid dienone is 3. The lowest BCUT2D eigenvalue weighted by molar-refractivity contribution is -0.164. The first-order valence-electron chi connectivity index (χ1n) is 6.37. The monoisotopic (exact) mass is 246 g/mol. The normalized spacial score (nSPS) is 46.3. The summed E-state index contributed by atoms with van der Waals surface area (Å²) in [7, 11) is 0. The van der Waals surface area contributed by atoms with E-state index in [0.29, 0.717) is 6.42 Å². The smallest absolute Gasteiger partial charge is 0.336 e. The highest BCUT2D eigenvalue weighted by Crippen LogP contribution is 2.57. The molecule has 3 heteroatoms. The van der Waals surface area contributed by atoms with Crippen LogP contribution in [-0.2, 0) is 9.53 Å². The zero-order valence-electron chi connectivity index (χ0n) is 10.8. The third-order valence-electron chi connectivity index (χ3n) is 4.76. The van der Waals surface area contributed by atoms with Gasteiger partial charge < -0.3 is 9.84 Å². The highest BCUT2D eigenvalue weighted by atomic mass is 16.5. The van der Waals surface area contributed by atoms with E-state index in [9.17, 15) is 9.90 Å². The van der Waals surface area contributed by atoms with Crippen molar-refractivity contribution >= 4 is 5.97 Å². The zero-order valence-corrected chi connectivity index (χ0v) is 10.8. The molecule has 1 aliphatic heterocycles. The van der Waals surface area contributed by atoms with Gasteiger partial charge in [0, 0.05) is 5.92 Å². The van der Waals surface area contributed by atoms with Crippen molar-refractivity contribution in [3.05, 3.63) is 36.0 Å². The van der Waals surface area contributed by atoms with Crippen molar-refractivity contribution in [1.29, 1.82) is 0 Å². The van der Waals surface area contributed by atoms with Crippen molar-refractivity contribution in [1.82, 2.24) is 0 Å². The molecule has 0 bridgehead atoms. The number of esters is 1. The molecular weight excluding hydrogens is 228 g/mol. The van der Waals surface area contributed by atoms with Gasteiger partial charge in [0.05, 0.1) is 5.57 Å². The summed E-state index contributed by atoms with van der Waals surface area (Å²) < 4.78 is 5.45. The first-order chi connectivity index (χ1) is 8.37. The standard InChI is InChI=1S/C15H18O3/c1-9-4-5-14(3)6-7-15(17)10(2)13(16)18-11(8-9)12(14)15/h4-5,8,11-12,17H,2,6-7H2,1,3H3/t11-,12-,14+,15+/m1/s1. The van der Waals surface area contributed by atoms with E-state index in [1.54, 1.807) is 0 Å². The first kappa shape index (κ1) is 11.7. The molecule has 0 unspecified atom stereocenters. The van der Waals surface area contributed by atoms with E-state index in [2.05, 4.69) is 25.7 Å². The van der Waals surface area contributed by atoms with Crippen LogP contribution in [0, 0.1) is 11.3 Å². The summed E-state index contributed by atoms with van der Waals surface area (Å²) in [5, 5.41) is 10.9. The molecule has 3 nitrogen and oxygen atoms in total. The van der Waals surface area contributed by atoms with Crippen molar-refractivity contribution in [2.75, 3.05) is 0 Å². The molecule has 1 heterocycles. The van der Waals surface area contributed by atoms with Crippen LogP contribution < -0.4 is 0 Å². The van der Waals surface area contributed by atoms with Crippen LogP contribution in [0.5, 0.6) is 0 Å². The molecule has 1 N–H and O–H groups in total.